The van der Waals surface area contributed by atoms with E-state index in [1.54, 1.807) is 20.1 Å². The second-order valence-electron chi connectivity index (χ2n) is 3.92. The molecular weight excluding hydrogens is 252 g/mol. The van der Waals surface area contributed by atoms with Gasteiger partial charge in [0.2, 0.25) is 10.8 Å². The highest BCUT2D eigenvalue weighted by atomic mass is 32.1. The predicted molar refractivity (Wildman–Crippen MR) is 69.8 cm³/mol. The monoisotopic (exact) mass is 262 g/mol. The molecule has 0 fully saturated rings. The van der Waals surface area contributed by atoms with Gasteiger partial charge in [0.05, 0.1) is 22.9 Å². The average Bonchev–Trinajstić information content (AvgIpc) is 2.72. The van der Waals surface area contributed by atoms with E-state index in [1.165, 1.54) is 15.7 Å². The molecule has 0 aliphatic rings. The molecule has 3 rings (SSSR count). The van der Waals surface area contributed by atoms with Gasteiger partial charge in [-0.05, 0) is 25.1 Å². The number of methoxy groups -OCH3 is 1. The van der Waals surface area contributed by atoms with Gasteiger partial charge in [-0.3, -0.25) is 9.20 Å². The fourth-order valence-electron chi connectivity index (χ4n) is 1.84. The van der Waals surface area contributed by atoms with Crippen LogP contribution in [-0.4, -0.2) is 21.6 Å². The van der Waals surface area contributed by atoms with Crippen LogP contribution in [0.4, 0.5) is 0 Å². The number of thiazole rings is 1. The maximum atomic E-state index is 12.1. The number of hydrogen-bond acceptors (Lipinski definition) is 5. The second kappa shape index (κ2) is 3.71. The van der Waals surface area contributed by atoms with Crippen molar-refractivity contribution in [2.75, 3.05) is 7.11 Å². The molecule has 0 radical (unpaired) electrons. The van der Waals surface area contributed by atoms with Crippen molar-refractivity contribution < 1.29 is 9.84 Å². The van der Waals surface area contributed by atoms with Gasteiger partial charge in [0.1, 0.15) is 5.75 Å². The quantitative estimate of drug-likeness (QED) is 0.728. The zero-order valence-electron chi connectivity index (χ0n) is 9.80. The number of aromatic hydroxyl groups is 1. The van der Waals surface area contributed by atoms with E-state index < -0.39 is 0 Å². The summed E-state index contributed by atoms with van der Waals surface area (Å²) in [6.45, 7) is 1.56. The number of fused-ring (bicyclic) bond motifs is 3. The van der Waals surface area contributed by atoms with Crippen LogP contribution >= 0.6 is 11.3 Å². The lowest BCUT2D eigenvalue weighted by atomic mass is 10.3. The molecule has 1 N–H and O–H groups in total. The van der Waals surface area contributed by atoms with E-state index in [1.807, 2.05) is 12.1 Å². The first-order valence-corrected chi connectivity index (χ1v) is 6.12. The minimum atomic E-state index is -0.242. The van der Waals surface area contributed by atoms with Gasteiger partial charge in [-0.15, -0.1) is 0 Å². The van der Waals surface area contributed by atoms with Crippen LogP contribution in [-0.2, 0) is 0 Å². The summed E-state index contributed by atoms with van der Waals surface area (Å²) in [6, 6.07) is 5.46. The Morgan fingerprint density at radius 3 is 2.94 bits per heavy atom. The topological polar surface area (TPSA) is 63.8 Å². The molecule has 2 heterocycles. The maximum Gasteiger partial charge on any atom is 0.265 e. The summed E-state index contributed by atoms with van der Waals surface area (Å²) in [5.74, 6) is 0.515. The van der Waals surface area contributed by atoms with Gasteiger partial charge in [0.25, 0.3) is 5.56 Å². The van der Waals surface area contributed by atoms with E-state index in [0.29, 0.717) is 4.96 Å². The van der Waals surface area contributed by atoms with Gasteiger partial charge in [-0.25, -0.2) is 0 Å². The average molecular weight is 262 g/mol. The molecule has 0 unspecified atom stereocenters. The summed E-state index contributed by atoms with van der Waals surface area (Å²) in [7, 11) is 1.59. The van der Waals surface area contributed by atoms with Gasteiger partial charge < -0.3 is 9.84 Å². The molecule has 92 valence electrons. The zero-order valence-corrected chi connectivity index (χ0v) is 10.6. The first-order chi connectivity index (χ1) is 8.61. The van der Waals surface area contributed by atoms with E-state index in [-0.39, 0.29) is 17.0 Å². The van der Waals surface area contributed by atoms with Crippen LogP contribution in [0.5, 0.6) is 11.6 Å². The van der Waals surface area contributed by atoms with Gasteiger partial charge in [-0.2, -0.15) is 4.98 Å². The molecule has 0 aliphatic heterocycles. The highest BCUT2D eigenvalue weighted by Crippen LogP contribution is 2.28. The fraction of sp³-hybridized carbons (Fsp3) is 0.167. The molecule has 2 aromatic heterocycles. The van der Waals surface area contributed by atoms with Crippen LogP contribution in [0, 0.1) is 6.92 Å². The summed E-state index contributed by atoms with van der Waals surface area (Å²) in [5.41, 5.74) is 0.785. The van der Waals surface area contributed by atoms with Crippen LogP contribution < -0.4 is 10.3 Å². The Bertz CT molecular complexity index is 819. The van der Waals surface area contributed by atoms with Crippen molar-refractivity contribution in [2.45, 2.75) is 6.92 Å². The molecule has 0 amide bonds. The SMILES string of the molecule is COc1ccc2c(c1)sc1nc(O)c(C)c(=O)n12. The summed E-state index contributed by atoms with van der Waals surface area (Å²) in [6.07, 6.45) is 0. The summed E-state index contributed by atoms with van der Waals surface area (Å²) in [5, 5.41) is 9.58. The van der Waals surface area contributed by atoms with Crippen LogP contribution in [0.15, 0.2) is 23.0 Å². The van der Waals surface area contributed by atoms with E-state index in [9.17, 15) is 9.90 Å². The van der Waals surface area contributed by atoms with E-state index in [2.05, 4.69) is 4.98 Å². The standard InChI is InChI=1S/C12H10N2O3S/c1-6-10(15)13-12-14(11(6)16)8-4-3-7(17-2)5-9(8)18-12/h3-5,15H,1-2H3. The molecule has 0 saturated carbocycles. The number of benzene rings is 1. The first-order valence-electron chi connectivity index (χ1n) is 5.30. The van der Waals surface area contributed by atoms with Crippen molar-refractivity contribution in [3.63, 3.8) is 0 Å². The van der Waals surface area contributed by atoms with Crippen molar-refractivity contribution >= 4 is 26.5 Å². The zero-order chi connectivity index (χ0) is 12.9. The number of ether oxygens (including phenoxy) is 1. The Morgan fingerprint density at radius 2 is 2.22 bits per heavy atom. The lowest BCUT2D eigenvalue weighted by Crippen LogP contribution is -2.15. The molecule has 1 aromatic carbocycles. The summed E-state index contributed by atoms with van der Waals surface area (Å²) in [4.78, 5) is 16.6. The number of hydrogen-bond donors (Lipinski definition) is 1. The largest absolute Gasteiger partial charge is 0.497 e. The lowest BCUT2D eigenvalue weighted by Gasteiger charge is -2.00. The number of nitrogens with zero attached hydrogens (tertiary/aromatic N) is 2. The molecule has 18 heavy (non-hydrogen) atoms. The predicted octanol–water partition coefficient (Wildman–Crippen LogP) is 1.93. The Morgan fingerprint density at radius 1 is 1.44 bits per heavy atom. The van der Waals surface area contributed by atoms with Crippen molar-refractivity contribution in [3.8, 4) is 11.6 Å². The Kier molecular flexibility index (Phi) is 2.27. The van der Waals surface area contributed by atoms with Crippen LogP contribution in [0.1, 0.15) is 5.56 Å². The molecule has 0 aliphatic carbocycles. The van der Waals surface area contributed by atoms with E-state index in [4.69, 9.17) is 4.74 Å². The molecule has 6 heteroatoms. The minimum Gasteiger partial charge on any atom is -0.497 e. The van der Waals surface area contributed by atoms with E-state index in [0.717, 1.165) is 16.0 Å². The van der Waals surface area contributed by atoms with Crippen LogP contribution in [0.25, 0.3) is 15.2 Å². The third kappa shape index (κ3) is 1.39. The molecule has 0 saturated heterocycles. The van der Waals surface area contributed by atoms with Gasteiger partial charge in [-0.1, -0.05) is 11.3 Å². The molecule has 0 atom stereocenters. The van der Waals surface area contributed by atoms with Crippen molar-refractivity contribution in [1.29, 1.82) is 0 Å². The number of rotatable bonds is 1. The van der Waals surface area contributed by atoms with Gasteiger partial charge in [0, 0.05) is 0 Å². The Balaban J connectivity index is 2.52. The third-order valence-electron chi connectivity index (χ3n) is 2.86. The Labute approximate surface area is 106 Å². The van der Waals surface area contributed by atoms with Gasteiger partial charge in [0.15, 0.2) is 0 Å². The van der Waals surface area contributed by atoms with Gasteiger partial charge >= 0.3 is 0 Å². The van der Waals surface area contributed by atoms with E-state index >= 15 is 0 Å². The molecule has 5 nitrogen and oxygen atoms in total. The van der Waals surface area contributed by atoms with Crippen molar-refractivity contribution in [1.82, 2.24) is 9.38 Å². The third-order valence-corrected chi connectivity index (χ3v) is 3.86. The molecule has 3 aromatic rings. The Hall–Kier alpha value is -2.08. The molecule has 0 spiro atoms. The number of aromatic nitrogens is 2. The summed E-state index contributed by atoms with van der Waals surface area (Å²) < 4.78 is 7.55. The smallest absolute Gasteiger partial charge is 0.265 e. The lowest BCUT2D eigenvalue weighted by molar-refractivity contribution is 0.415. The van der Waals surface area contributed by atoms with Crippen LogP contribution in [0.3, 0.4) is 0 Å². The molecular formula is C12H10N2O3S. The second-order valence-corrected chi connectivity index (χ2v) is 4.93. The molecule has 0 bridgehead atoms. The first kappa shape index (κ1) is 11.0. The fourth-order valence-corrected chi connectivity index (χ4v) is 2.88. The van der Waals surface area contributed by atoms with Crippen LogP contribution in [0.2, 0.25) is 0 Å². The maximum absolute atomic E-state index is 12.1. The highest BCUT2D eigenvalue weighted by Gasteiger charge is 2.13. The highest BCUT2D eigenvalue weighted by molar-refractivity contribution is 7.23. The minimum absolute atomic E-state index is 0.210. The van der Waals surface area contributed by atoms with Crippen molar-refractivity contribution in [2.24, 2.45) is 0 Å². The normalized spacial score (nSPS) is 11.2. The van der Waals surface area contributed by atoms with Crippen molar-refractivity contribution in [3.05, 3.63) is 34.1 Å². The summed E-state index contributed by atoms with van der Waals surface area (Å²) >= 11 is 1.34.